The third-order valence-corrected chi connectivity index (χ3v) is 6.98. The van der Waals surface area contributed by atoms with Gasteiger partial charge in [-0.3, -0.25) is 5.10 Å². The van der Waals surface area contributed by atoms with Crippen LogP contribution in [0, 0.1) is 0 Å². The van der Waals surface area contributed by atoms with Gasteiger partial charge in [0.05, 0.1) is 16.7 Å². The number of piperidine rings is 1. The molecule has 0 aliphatic carbocycles. The van der Waals surface area contributed by atoms with Crippen molar-refractivity contribution in [2.24, 2.45) is 0 Å². The van der Waals surface area contributed by atoms with Crippen molar-refractivity contribution in [1.29, 1.82) is 0 Å². The largest absolute Gasteiger partial charge is 0.353 e. The predicted molar refractivity (Wildman–Crippen MR) is 126 cm³/mol. The molecule has 0 bridgehead atoms. The monoisotopic (exact) mass is 415 g/mol. The zero-order valence-electron chi connectivity index (χ0n) is 18.0. The van der Waals surface area contributed by atoms with Gasteiger partial charge >= 0.3 is 0 Å². The molecule has 0 atom stereocenters. The fraction of sp³-hybridized carbons (Fsp3) is 0.417. The third-order valence-electron chi connectivity index (χ3n) is 6.98. The molecule has 4 aromatic rings. The summed E-state index contributed by atoms with van der Waals surface area (Å²) in [6.07, 6.45) is 4.31. The summed E-state index contributed by atoms with van der Waals surface area (Å²) in [4.78, 5) is 13.1. The van der Waals surface area contributed by atoms with Crippen molar-refractivity contribution in [1.82, 2.24) is 30.4 Å². The maximum absolute atomic E-state index is 4.74. The van der Waals surface area contributed by atoms with Gasteiger partial charge in [0.25, 0.3) is 0 Å². The van der Waals surface area contributed by atoms with Crippen LogP contribution in [0.5, 0.6) is 0 Å². The van der Waals surface area contributed by atoms with Gasteiger partial charge in [-0.25, -0.2) is 4.98 Å². The molecule has 2 fully saturated rings. The molecule has 160 valence electrons. The lowest BCUT2D eigenvalue weighted by molar-refractivity contribution is 0.312. The van der Waals surface area contributed by atoms with Crippen LogP contribution >= 0.6 is 0 Å². The molecule has 5 heterocycles. The number of nitrogens with zero attached hydrogens (tertiary/aromatic N) is 4. The van der Waals surface area contributed by atoms with Crippen molar-refractivity contribution in [3.05, 3.63) is 42.1 Å². The molecule has 3 aromatic heterocycles. The molecular weight excluding hydrogens is 386 g/mol. The van der Waals surface area contributed by atoms with Gasteiger partial charge < -0.3 is 20.1 Å². The second-order valence-electron chi connectivity index (χ2n) is 8.97. The SMILES string of the molecule is CN1CCN(c2nccc3[nH]c(-c4n[nH]c5ccc(C6CCNCC6)cc45)cc23)CC1. The van der Waals surface area contributed by atoms with Crippen LogP contribution in [-0.4, -0.2) is 71.4 Å². The Balaban J connectivity index is 1.40. The Kier molecular flexibility index (Phi) is 4.65. The Morgan fingerprint density at radius 2 is 1.77 bits per heavy atom. The lowest BCUT2D eigenvalue weighted by Gasteiger charge is -2.33. The quantitative estimate of drug-likeness (QED) is 0.479. The second kappa shape index (κ2) is 7.66. The Morgan fingerprint density at radius 1 is 0.935 bits per heavy atom. The molecule has 0 saturated carbocycles. The van der Waals surface area contributed by atoms with E-state index in [0.29, 0.717) is 5.92 Å². The Hall–Kier alpha value is -2.90. The summed E-state index contributed by atoms with van der Waals surface area (Å²) in [5, 5.41) is 13.8. The first-order valence-electron chi connectivity index (χ1n) is 11.4. The molecule has 3 N–H and O–H groups in total. The maximum Gasteiger partial charge on any atom is 0.138 e. The topological polar surface area (TPSA) is 75.9 Å². The van der Waals surface area contributed by atoms with Crippen molar-refractivity contribution >= 4 is 27.6 Å². The van der Waals surface area contributed by atoms with Crippen LogP contribution in [0.2, 0.25) is 0 Å². The average Bonchev–Trinajstić information content (AvgIpc) is 3.43. The van der Waals surface area contributed by atoms with Crippen LogP contribution in [0.15, 0.2) is 36.5 Å². The molecule has 0 spiro atoms. The lowest BCUT2D eigenvalue weighted by atomic mass is 9.89. The van der Waals surface area contributed by atoms with E-state index >= 15 is 0 Å². The van der Waals surface area contributed by atoms with Gasteiger partial charge in [-0.2, -0.15) is 5.10 Å². The zero-order valence-corrected chi connectivity index (χ0v) is 18.0. The number of fused-ring (bicyclic) bond motifs is 2. The van der Waals surface area contributed by atoms with E-state index in [0.717, 1.165) is 67.5 Å². The van der Waals surface area contributed by atoms with Gasteiger partial charge in [0.2, 0.25) is 0 Å². The molecular formula is C24H29N7. The summed E-state index contributed by atoms with van der Waals surface area (Å²) in [6.45, 7) is 6.36. The summed E-state index contributed by atoms with van der Waals surface area (Å²) in [5.41, 5.74) is 5.67. The molecule has 6 rings (SSSR count). The number of pyridine rings is 1. The van der Waals surface area contributed by atoms with Gasteiger partial charge in [-0.05, 0) is 68.7 Å². The number of nitrogens with one attached hydrogen (secondary N) is 3. The molecule has 2 aliphatic rings. The number of hydrogen-bond acceptors (Lipinski definition) is 5. The molecule has 2 aliphatic heterocycles. The minimum atomic E-state index is 0.629. The molecule has 1 aromatic carbocycles. The Bertz CT molecular complexity index is 1210. The first-order valence-corrected chi connectivity index (χ1v) is 11.4. The number of H-pyrrole nitrogens is 2. The lowest BCUT2D eigenvalue weighted by Crippen LogP contribution is -2.44. The van der Waals surface area contributed by atoms with E-state index in [-0.39, 0.29) is 0 Å². The first kappa shape index (κ1) is 18.8. The minimum Gasteiger partial charge on any atom is -0.353 e. The predicted octanol–water partition coefficient (Wildman–Crippen LogP) is 3.33. The molecule has 0 radical (unpaired) electrons. The zero-order chi connectivity index (χ0) is 20.8. The fourth-order valence-corrected chi connectivity index (χ4v) is 5.08. The van der Waals surface area contributed by atoms with Crippen molar-refractivity contribution < 1.29 is 0 Å². The standard InChI is InChI=1S/C24H29N7/c1-30-10-12-31(13-11-30)24-19-15-22(27-20(19)6-9-26-24)23-18-14-17(2-3-21(18)28-29-23)16-4-7-25-8-5-16/h2-3,6,9,14-16,25,27H,4-5,7-8,10-13H2,1H3,(H,28,29). The molecule has 0 unspecified atom stereocenters. The fourth-order valence-electron chi connectivity index (χ4n) is 5.08. The number of aromatic nitrogens is 4. The van der Waals surface area contributed by atoms with E-state index in [1.807, 2.05) is 6.20 Å². The Labute approximate surface area is 181 Å². The van der Waals surface area contributed by atoms with E-state index in [2.05, 4.69) is 67.7 Å². The van der Waals surface area contributed by atoms with Crippen LogP contribution in [-0.2, 0) is 0 Å². The van der Waals surface area contributed by atoms with Crippen LogP contribution in [0.3, 0.4) is 0 Å². The molecule has 2 saturated heterocycles. The van der Waals surface area contributed by atoms with Crippen LogP contribution in [0.1, 0.15) is 24.3 Å². The maximum atomic E-state index is 4.74. The number of piperazine rings is 1. The van der Waals surface area contributed by atoms with Gasteiger partial charge in [-0.15, -0.1) is 0 Å². The molecule has 7 nitrogen and oxygen atoms in total. The molecule has 0 amide bonds. The van der Waals surface area contributed by atoms with Gasteiger partial charge in [-0.1, -0.05) is 6.07 Å². The summed E-state index contributed by atoms with van der Waals surface area (Å²) in [7, 11) is 2.18. The number of aromatic amines is 2. The smallest absolute Gasteiger partial charge is 0.138 e. The highest BCUT2D eigenvalue weighted by molar-refractivity contribution is 5.99. The summed E-state index contributed by atoms with van der Waals surface area (Å²) < 4.78 is 0. The van der Waals surface area contributed by atoms with Crippen LogP contribution in [0.25, 0.3) is 33.2 Å². The number of benzene rings is 1. The number of rotatable bonds is 3. The number of likely N-dealkylation sites (N-methyl/N-ethyl adjacent to an activating group) is 1. The summed E-state index contributed by atoms with van der Waals surface area (Å²) in [5.74, 6) is 1.70. The van der Waals surface area contributed by atoms with Crippen molar-refractivity contribution in [2.45, 2.75) is 18.8 Å². The van der Waals surface area contributed by atoms with Gasteiger partial charge in [0.15, 0.2) is 0 Å². The number of anilines is 1. The first-order chi connectivity index (χ1) is 15.3. The highest BCUT2D eigenvalue weighted by Crippen LogP contribution is 2.34. The average molecular weight is 416 g/mol. The van der Waals surface area contributed by atoms with Crippen molar-refractivity contribution in [3.63, 3.8) is 0 Å². The summed E-state index contributed by atoms with van der Waals surface area (Å²) >= 11 is 0. The third kappa shape index (κ3) is 3.38. The van der Waals surface area contributed by atoms with Crippen LogP contribution in [0.4, 0.5) is 5.82 Å². The number of hydrogen-bond donors (Lipinski definition) is 3. The van der Waals surface area contributed by atoms with E-state index in [1.54, 1.807) is 0 Å². The van der Waals surface area contributed by atoms with Crippen LogP contribution < -0.4 is 10.2 Å². The molecule has 31 heavy (non-hydrogen) atoms. The second-order valence-corrected chi connectivity index (χ2v) is 8.97. The Morgan fingerprint density at radius 3 is 2.61 bits per heavy atom. The van der Waals surface area contributed by atoms with E-state index in [4.69, 9.17) is 4.98 Å². The van der Waals surface area contributed by atoms with Gasteiger partial charge in [0.1, 0.15) is 11.5 Å². The summed E-state index contributed by atoms with van der Waals surface area (Å²) in [6, 6.07) is 11.1. The normalized spacial score (nSPS) is 18.9. The van der Waals surface area contributed by atoms with E-state index in [9.17, 15) is 0 Å². The van der Waals surface area contributed by atoms with E-state index < -0.39 is 0 Å². The van der Waals surface area contributed by atoms with Crippen molar-refractivity contribution in [2.75, 3.05) is 51.2 Å². The highest BCUT2D eigenvalue weighted by atomic mass is 15.3. The van der Waals surface area contributed by atoms with Crippen molar-refractivity contribution in [3.8, 4) is 11.4 Å². The molecule has 7 heteroatoms. The minimum absolute atomic E-state index is 0.629. The van der Waals surface area contributed by atoms with Gasteiger partial charge in [0, 0.05) is 43.1 Å². The highest BCUT2D eigenvalue weighted by Gasteiger charge is 2.21. The van der Waals surface area contributed by atoms with E-state index in [1.165, 1.54) is 29.2 Å².